The molecule has 0 unspecified atom stereocenters. The van der Waals surface area contributed by atoms with E-state index in [-0.39, 0.29) is 0 Å². The third-order valence-electron chi connectivity index (χ3n) is 3.29. The van der Waals surface area contributed by atoms with Crippen molar-refractivity contribution in [3.63, 3.8) is 0 Å². The summed E-state index contributed by atoms with van der Waals surface area (Å²) in [6, 6.07) is 7.04. The molecule has 1 heterocycles. The molecule has 1 N–H and O–H groups in total. The SMILES string of the molecule is Cc1ccccc1S(=O)(=O)NCC1CCOCC1. The predicted octanol–water partition coefficient (Wildman–Crippen LogP) is 1.70. The van der Waals surface area contributed by atoms with Gasteiger partial charge in [0.25, 0.3) is 0 Å². The fourth-order valence-electron chi connectivity index (χ4n) is 2.11. The van der Waals surface area contributed by atoms with Gasteiger partial charge in [-0.15, -0.1) is 0 Å². The van der Waals surface area contributed by atoms with Gasteiger partial charge in [-0.3, -0.25) is 0 Å². The molecule has 0 atom stereocenters. The fourth-order valence-corrected chi connectivity index (χ4v) is 3.47. The third kappa shape index (κ3) is 3.31. The van der Waals surface area contributed by atoms with Gasteiger partial charge in [0.05, 0.1) is 4.90 Å². The number of nitrogens with one attached hydrogen (secondary N) is 1. The van der Waals surface area contributed by atoms with Crippen molar-refractivity contribution in [1.29, 1.82) is 0 Å². The van der Waals surface area contributed by atoms with E-state index in [2.05, 4.69) is 4.72 Å². The van der Waals surface area contributed by atoms with Crippen LogP contribution in [0.5, 0.6) is 0 Å². The van der Waals surface area contributed by atoms with Gasteiger partial charge in [0.2, 0.25) is 10.0 Å². The summed E-state index contributed by atoms with van der Waals surface area (Å²) in [5.74, 6) is 0.387. The summed E-state index contributed by atoms with van der Waals surface area (Å²) in [7, 11) is -3.38. The Balaban J connectivity index is 2.01. The highest BCUT2D eigenvalue weighted by Gasteiger charge is 2.19. The van der Waals surface area contributed by atoms with Crippen LogP contribution in [-0.4, -0.2) is 28.2 Å². The molecule has 0 aromatic heterocycles. The molecule has 1 aliphatic heterocycles. The Hall–Kier alpha value is -0.910. The number of rotatable bonds is 4. The van der Waals surface area contributed by atoms with Crippen LogP contribution in [0.1, 0.15) is 18.4 Å². The minimum absolute atomic E-state index is 0.372. The second-order valence-electron chi connectivity index (χ2n) is 4.67. The smallest absolute Gasteiger partial charge is 0.240 e. The monoisotopic (exact) mass is 269 g/mol. The second-order valence-corrected chi connectivity index (χ2v) is 6.41. The second kappa shape index (κ2) is 5.82. The Kier molecular flexibility index (Phi) is 4.37. The number of sulfonamides is 1. The summed E-state index contributed by atoms with van der Waals surface area (Å²) in [5, 5.41) is 0. The fraction of sp³-hybridized carbons (Fsp3) is 0.538. The normalized spacial score (nSPS) is 17.8. The molecule has 1 fully saturated rings. The van der Waals surface area contributed by atoms with Gasteiger partial charge in [-0.25, -0.2) is 13.1 Å². The highest BCUT2D eigenvalue weighted by atomic mass is 32.2. The first-order chi connectivity index (χ1) is 8.59. The van der Waals surface area contributed by atoms with Crippen molar-refractivity contribution in [2.24, 2.45) is 5.92 Å². The van der Waals surface area contributed by atoms with Crippen LogP contribution in [0.15, 0.2) is 29.2 Å². The first-order valence-electron chi connectivity index (χ1n) is 6.22. The molecule has 0 spiro atoms. The topological polar surface area (TPSA) is 55.4 Å². The van der Waals surface area contributed by atoms with Crippen molar-refractivity contribution < 1.29 is 13.2 Å². The summed E-state index contributed by atoms with van der Waals surface area (Å²) in [6.45, 7) is 3.77. The van der Waals surface area contributed by atoms with Gasteiger partial charge in [-0.05, 0) is 37.3 Å². The molecule has 0 radical (unpaired) electrons. The van der Waals surface area contributed by atoms with Gasteiger partial charge in [0.15, 0.2) is 0 Å². The maximum atomic E-state index is 12.2. The predicted molar refractivity (Wildman–Crippen MR) is 69.9 cm³/mol. The Bertz CT molecular complexity index is 493. The van der Waals surface area contributed by atoms with E-state index in [9.17, 15) is 8.42 Å². The van der Waals surface area contributed by atoms with Crippen molar-refractivity contribution in [2.75, 3.05) is 19.8 Å². The maximum absolute atomic E-state index is 12.2. The lowest BCUT2D eigenvalue weighted by molar-refractivity contribution is 0.0678. The van der Waals surface area contributed by atoms with Crippen molar-refractivity contribution in [3.05, 3.63) is 29.8 Å². The molecule has 4 nitrogen and oxygen atoms in total. The number of hydrogen-bond donors (Lipinski definition) is 1. The minimum atomic E-state index is -3.38. The summed E-state index contributed by atoms with van der Waals surface area (Å²) >= 11 is 0. The first-order valence-corrected chi connectivity index (χ1v) is 7.71. The average Bonchev–Trinajstić information content (AvgIpc) is 2.38. The largest absolute Gasteiger partial charge is 0.381 e. The first kappa shape index (κ1) is 13.5. The molecule has 0 amide bonds. The van der Waals surface area contributed by atoms with E-state index in [4.69, 9.17) is 4.74 Å². The summed E-state index contributed by atoms with van der Waals surface area (Å²) < 4.78 is 32.3. The molecule has 1 saturated heterocycles. The maximum Gasteiger partial charge on any atom is 0.240 e. The van der Waals surface area contributed by atoms with Crippen molar-refractivity contribution >= 4 is 10.0 Å². The number of benzene rings is 1. The number of aryl methyl sites for hydroxylation is 1. The van der Waals surface area contributed by atoms with Gasteiger partial charge >= 0.3 is 0 Å². The van der Waals surface area contributed by atoms with E-state index in [0.717, 1.165) is 31.6 Å². The standard InChI is InChI=1S/C13H19NO3S/c1-11-4-2-3-5-13(11)18(15,16)14-10-12-6-8-17-9-7-12/h2-5,12,14H,6-10H2,1H3. The molecule has 1 aromatic carbocycles. The van der Waals surface area contributed by atoms with Crippen LogP contribution < -0.4 is 4.72 Å². The Morgan fingerprint density at radius 2 is 1.94 bits per heavy atom. The molecule has 0 bridgehead atoms. The molecular weight excluding hydrogens is 250 g/mol. The van der Waals surface area contributed by atoms with E-state index < -0.39 is 10.0 Å². The molecule has 100 valence electrons. The molecule has 0 saturated carbocycles. The van der Waals surface area contributed by atoms with Crippen LogP contribution in [0.3, 0.4) is 0 Å². The number of ether oxygens (including phenoxy) is 1. The zero-order chi connectivity index (χ0) is 13.0. The molecule has 2 rings (SSSR count). The van der Waals surface area contributed by atoms with Gasteiger partial charge in [-0.1, -0.05) is 18.2 Å². The summed E-state index contributed by atoms with van der Waals surface area (Å²) in [5.41, 5.74) is 0.775. The van der Waals surface area contributed by atoms with E-state index in [1.54, 1.807) is 12.1 Å². The lowest BCUT2D eigenvalue weighted by atomic mass is 10.0. The van der Waals surface area contributed by atoms with Gasteiger partial charge in [0.1, 0.15) is 0 Å². The zero-order valence-electron chi connectivity index (χ0n) is 10.6. The van der Waals surface area contributed by atoms with Crippen LogP contribution >= 0.6 is 0 Å². The van der Waals surface area contributed by atoms with Crippen LogP contribution in [0.2, 0.25) is 0 Å². The molecule has 1 aromatic rings. The molecule has 0 aliphatic carbocycles. The lowest BCUT2D eigenvalue weighted by Crippen LogP contribution is -2.32. The van der Waals surface area contributed by atoms with E-state index in [1.165, 1.54) is 0 Å². The van der Waals surface area contributed by atoms with Crippen molar-refractivity contribution in [1.82, 2.24) is 4.72 Å². The summed E-state index contributed by atoms with van der Waals surface area (Å²) in [6.07, 6.45) is 1.85. The van der Waals surface area contributed by atoms with Crippen molar-refractivity contribution in [3.8, 4) is 0 Å². The third-order valence-corrected chi connectivity index (χ3v) is 4.87. The number of hydrogen-bond acceptors (Lipinski definition) is 3. The lowest BCUT2D eigenvalue weighted by Gasteiger charge is -2.22. The highest BCUT2D eigenvalue weighted by molar-refractivity contribution is 7.89. The van der Waals surface area contributed by atoms with Crippen LogP contribution in [0.4, 0.5) is 0 Å². The quantitative estimate of drug-likeness (QED) is 0.905. The van der Waals surface area contributed by atoms with Crippen LogP contribution in [0.25, 0.3) is 0 Å². The van der Waals surface area contributed by atoms with E-state index >= 15 is 0 Å². The van der Waals surface area contributed by atoms with Crippen LogP contribution in [0, 0.1) is 12.8 Å². The Morgan fingerprint density at radius 3 is 2.61 bits per heavy atom. The summed E-state index contributed by atoms with van der Waals surface area (Å²) in [4.78, 5) is 0.372. The highest BCUT2D eigenvalue weighted by Crippen LogP contribution is 2.17. The van der Waals surface area contributed by atoms with Gasteiger partial charge in [-0.2, -0.15) is 0 Å². The van der Waals surface area contributed by atoms with Crippen LogP contribution in [-0.2, 0) is 14.8 Å². The minimum Gasteiger partial charge on any atom is -0.381 e. The Morgan fingerprint density at radius 1 is 1.28 bits per heavy atom. The average molecular weight is 269 g/mol. The molecular formula is C13H19NO3S. The molecule has 5 heteroatoms. The van der Waals surface area contributed by atoms with Crippen molar-refractivity contribution in [2.45, 2.75) is 24.7 Å². The van der Waals surface area contributed by atoms with Gasteiger partial charge < -0.3 is 4.74 Å². The Labute approximate surface area is 108 Å². The van der Waals surface area contributed by atoms with Gasteiger partial charge in [0, 0.05) is 19.8 Å². The zero-order valence-corrected chi connectivity index (χ0v) is 11.4. The van der Waals surface area contributed by atoms with E-state index in [0.29, 0.717) is 17.4 Å². The van der Waals surface area contributed by atoms with E-state index in [1.807, 2.05) is 19.1 Å². The molecule has 18 heavy (non-hydrogen) atoms. The molecule has 1 aliphatic rings.